The Balaban J connectivity index is 0.000001000. The van der Waals surface area contributed by atoms with Crippen molar-refractivity contribution >= 4 is 0 Å². The van der Waals surface area contributed by atoms with Crippen molar-refractivity contribution in [2.75, 3.05) is 0 Å². The summed E-state index contributed by atoms with van der Waals surface area (Å²) in [6.45, 7) is 10.9. The van der Waals surface area contributed by atoms with Gasteiger partial charge in [-0.05, 0) is 0 Å². The van der Waals surface area contributed by atoms with Crippen molar-refractivity contribution in [3.63, 3.8) is 0 Å². The van der Waals surface area contributed by atoms with Gasteiger partial charge >= 0.3 is 0 Å². The molecule has 0 aromatic heterocycles. The third-order valence-corrected chi connectivity index (χ3v) is 2.56. The smallest absolute Gasteiger partial charge is 0 e. The van der Waals surface area contributed by atoms with Gasteiger partial charge in [-0.3, -0.25) is 6.08 Å². The van der Waals surface area contributed by atoms with Crippen LogP contribution in [0.25, 0.3) is 0 Å². The van der Waals surface area contributed by atoms with E-state index >= 15 is 0 Å². The molecule has 1 heteroatoms. The summed E-state index contributed by atoms with van der Waals surface area (Å²) in [6.07, 6.45) is 3.44. The van der Waals surface area contributed by atoms with Crippen LogP contribution in [0.4, 0.5) is 0 Å². The van der Waals surface area contributed by atoms with E-state index in [2.05, 4.69) is 40.7 Å². The first-order valence-electron chi connectivity index (χ1n) is 3.75. The number of hydrogen-bond acceptors (Lipinski definition) is 0. The molecule has 0 bridgehead atoms. The maximum absolute atomic E-state index is 3.44. The number of hydrogen-bond donors (Lipinski definition) is 0. The Morgan fingerprint density at radius 1 is 1.09 bits per heavy atom. The van der Waals surface area contributed by atoms with Crippen LogP contribution < -0.4 is 0 Å². The molecule has 0 atom stereocenters. The molecule has 0 N–H and O–H groups in total. The van der Waals surface area contributed by atoms with Crippen LogP contribution in [0.15, 0.2) is 16.7 Å². The Kier molecular flexibility index (Phi) is 3.49. The molecule has 0 fully saturated rings. The van der Waals surface area contributed by atoms with Gasteiger partial charge in [-0.1, -0.05) is 33.1 Å². The maximum Gasteiger partial charge on any atom is 0 e. The second-order valence-corrected chi connectivity index (χ2v) is 3.62. The Bertz CT molecular complexity index is 219. The third kappa shape index (κ3) is 1.93. The van der Waals surface area contributed by atoms with Gasteiger partial charge < -0.3 is 0 Å². The van der Waals surface area contributed by atoms with E-state index in [-0.39, 0.29) is 31.3 Å². The molecule has 0 radical (unpaired) electrons. The molecule has 11 heavy (non-hydrogen) atoms. The number of rotatable bonds is 0. The molecular formula is C10H15Hf-. The van der Waals surface area contributed by atoms with Gasteiger partial charge in [0, 0.05) is 25.8 Å². The van der Waals surface area contributed by atoms with Gasteiger partial charge in [0.05, 0.1) is 0 Å². The van der Waals surface area contributed by atoms with E-state index in [0.29, 0.717) is 0 Å². The average molecular weight is 314 g/mol. The SMILES string of the molecule is CC1=[C-]C(C)(C)C(C)=C1C.[Hf]. The van der Waals surface area contributed by atoms with Crippen molar-refractivity contribution in [1.29, 1.82) is 0 Å². The summed E-state index contributed by atoms with van der Waals surface area (Å²) in [4.78, 5) is 0. The van der Waals surface area contributed by atoms with E-state index in [9.17, 15) is 0 Å². The molecule has 0 spiro atoms. The van der Waals surface area contributed by atoms with Crippen LogP contribution in [0, 0.1) is 11.5 Å². The summed E-state index contributed by atoms with van der Waals surface area (Å²) in [7, 11) is 0. The summed E-state index contributed by atoms with van der Waals surface area (Å²) in [5.74, 6) is 0. The van der Waals surface area contributed by atoms with E-state index < -0.39 is 0 Å². The van der Waals surface area contributed by atoms with Crippen molar-refractivity contribution in [3.8, 4) is 0 Å². The quantitative estimate of drug-likeness (QED) is 0.476. The van der Waals surface area contributed by atoms with Crippen molar-refractivity contribution in [3.05, 3.63) is 22.8 Å². The second-order valence-electron chi connectivity index (χ2n) is 3.62. The van der Waals surface area contributed by atoms with Crippen LogP contribution in [0.5, 0.6) is 0 Å². The third-order valence-electron chi connectivity index (χ3n) is 2.56. The zero-order valence-electron chi connectivity index (χ0n) is 8.00. The minimum atomic E-state index is 0. The molecule has 1 rings (SSSR count). The summed E-state index contributed by atoms with van der Waals surface area (Å²) >= 11 is 0. The molecule has 0 heterocycles. The standard InChI is InChI=1S/C10H15.Hf/c1-7-6-10(4,5)9(3)8(7)2;/h1-5H3;/q-1;. The van der Waals surface area contributed by atoms with Gasteiger partial charge in [-0.15, -0.1) is 6.92 Å². The fraction of sp³-hybridized carbons (Fsp3) is 0.600. The minimum Gasteiger partial charge on any atom is -0.263 e. The Morgan fingerprint density at radius 2 is 1.55 bits per heavy atom. The van der Waals surface area contributed by atoms with Crippen LogP contribution in [0.3, 0.4) is 0 Å². The number of allylic oxidation sites excluding steroid dienone is 4. The zero-order valence-corrected chi connectivity index (χ0v) is 11.6. The molecule has 0 aliphatic heterocycles. The fourth-order valence-electron chi connectivity index (χ4n) is 1.41. The second kappa shape index (κ2) is 3.38. The normalized spacial score (nSPS) is 21.4. The molecule has 0 saturated carbocycles. The monoisotopic (exact) mass is 315 g/mol. The molecule has 0 amide bonds. The van der Waals surface area contributed by atoms with Crippen LogP contribution in [-0.2, 0) is 25.8 Å². The first-order valence-corrected chi connectivity index (χ1v) is 3.75. The molecule has 1 aliphatic carbocycles. The van der Waals surface area contributed by atoms with Gasteiger partial charge in [0.15, 0.2) is 0 Å². The topological polar surface area (TPSA) is 0 Å². The van der Waals surface area contributed by atoms with E-state index in [0.717, 1.165) is 0 Å². The van der Waals surface area contributed by atoms with Crippen molar-refractivity contribution in [2.24, 2.45) is 5.41 Å². The zero-order chi connectivity index (χ0) is 7.94. The predicted octanol–water partition coefficient (Wildman–Crippen LogP) is 3.11. The Labute approximate surface area is 88.5 Å². The maximum atomic E-state index is 3.44. The van der Waals surface area contributed by atoms with Gasteiger partial charge in [0.2, 0.25) is 0 Å². The van der Waals surface area contributed by atoms with Crippen molar-refractivity contribution < 1.29 is 25.8 Å². The summed E-state index contributed by atoms with van der Waals surface area (Å²) in [6, 6.07) is 0. The van der Waals surface area contributed by atoms with Crippen LogP contribution >= 0.6 is 0 Å². The predicted molar refractivity (Wildman–Crippen MR) is 44.6 cm³/mol. The van der Waals surface area contributed by atoms with E-state index in [1.807, 2.05) is 0 Å². The van der Waals surface area contributed by atoms with E-state index in [1.54, 1.807) is 0 Å². The van der Waals surface area contributed by atoms with Gasteiger partial charge in [0.1, 0.15) is 0 Å². The van der Waals surface area contributed by atoms with E-state index in [4.69, 9.17) is 0 Å². The minimum absolute atomic E-state index is 0. The molecule has 0 nitrogen and oxygen atoms in total. The van der Waals surface area contributed by atoms with Gasteiger partial charge in [0.25, 0.3) is 0 Å². The van der Waals surface area contributed by atoms with Crippen LogP contribution in [0.2, 0.25) is 0 Å². The molecule has 60 valence electrons. The van der Waals surface area contributed by atoms with Crippen LogP contribution in [0.1, 0.15) is 34.6 Å². The summed E-state index contributed by atoms with van der Waals surface area (Å²) in [5, 5.41) is 0. The molecule has 1 aliphatic rings. The van der Waals surface area contributed by atoms with Gasteiger partial charge in [-0.2, -0.15) is 11.1 Å². The Morgan fingerprint density at radius 3 is 1.64 bits per heavy atom. The first kappa shape index (κ1) is 11.4. The molecule has 0 saturated heterocycles. The molecule has 0 aromatic carbocycles. The average Bonchev–Trinajstić information content (AvgIpc) is 1.95. The first-order chi connectivity index (χ1) is 4.45. The van der Waals surface area contributed by atoms with Crippen molar-refractivity contribution in [2.45, 2.75) is 34.6 Å². The summed E-state index contributed by atoms with van der Waals surface area (Å²) in [5.41, 5.74) is 4.39. The summed E-state index contributed by atoms with van der Waals surface area (Å²) < 4.78 is 0. The van der Waals surface area contributed by atoms with Crippen molar-refractivity contribution in [1.82, 2.24) is 0 Å². The van der Waals surface area contributed by atoms with E-state index in [1.165, 1.54) is 16.7 Å². The molecular weight excluding hydrogens is 299 g/mol. The molecule has 0 aromatic rings. The molecule has 0 unspecified atom stereocenters. The fourth-order valence-corrected chi connectivity index (χ4v) is 1.41. The Hall–Kier alpha value is 0.350. The largest absolute Gasteiger partial charge is 0.263 e. The van der Waals surface area contributed by atoms with Crippen LogP contribution in [-0.4, -0.2) is 0 Å². The van der Waals surface area contributed by atoms with Gasteiger partial charge in [-0.25, -0.2) is 5.57 Å².